The molecule has 0 saturated carbocycles. The van der Waals surface area contributed by atoms with Crippen LogP contribution >= 0.6 is 11.3 Å². The number of nitrogens with zero attached hydrogens (tertiary/aromatic N) is 3. The quantitative estimate of drug-likeness (QED) is 0.689. The molecule has 0 bridgehead atoms. The number of likely N-dealkylation sites (N-methyl/N-ethyl adjacent to an activating group) is 1. The fourth-order valence-electron chi connectivity index (χ4n) is 1.48. The Morgan fingerprint density at radius 1 is 1.35 bits per heavy atom. The van der Waals surface area contributed by atoms with Gasteiger partial charge in [-0.05, 0) is 27.6 Å². The van der Waals surface area contributed by atoms with Crippen LogP contribution in [0.3, 0.4) is 0 Å². The number of amides is 1. The van der Waals surface area contributed by atoms with Crippen molar-refractivity contribution in [2.45, 2.75) is 17.6 Å². The predicted molar refractivity (Wildman–Crippen MR) is 79.7 cm³/mol. The average Bonchev–Trinajstić information content (AvgIpc) is 2.84. The lowest BCUT2D eigenvalue weighted by Gasteiger charge is -2.16. The van der Waals surface area contributed by atoms with E-state index >= 15 is 0 Å². The number of sulfonamides is 1. The van der Waals surface area contributed by atoms with Gasteiger partial charge in [0.1, 0.15) is 0 Å². The summed E-state index contributed by atoms with van der Waals surface area (Å²) in [5, 5.41) is 0.410. The van der Waals surface area contributed by atoms with Crippen molar-refractivity contribution in [3.05, 3.63) is 5.69 Å². The summed E-state index contributed by atoms with van der Waals surface area (Å²) < 4.78 is 26.3. The first-order chi connectivity index (χ1) is 9.35. The number of carbonyl (C=O) groups is 1. The second-order valence-corrected chi connectivity index (χ2v) is 7.45. The highest BCUT2D eigenvalue weighted by Gasteiger charge is 2.23. The Bertz CT molecular complexity index is 554. The SMILES string of the molecule is CCc1nc(N(C=O)CCN(C)C)sc1S(=O)(=O)NC. The number of nitrogens with one attached hydrogen (secondary N) is 1. The molecule has 9 heteroatoms. The lowest BCUT2D eigenvalue weighted by atomic mass is 10.4. The largest absolute Gasteiger partial charge is 0.308 e. The molecule has 0 aliphatic heterocycles. The molecule has 1 aromatic rings. The summed E-state index contributed by atoms with van der Waals surface area (Å²) in [7, 11) is 1.62. The summed E-state index contributed by atoms with van der Waals surface area (Å²) in [5.41, 5.74) is 0.482. The highest BCUT2D eigenvalue weighted by atomic mass is 32.2. The number of anilines is 1. The Hall–Kier alpha value is -1.03. The number of rotatable bonds is 8. The molecule has 0 aromatic carbocycles. The summed E-state index contributed by atoms with van der Waals surface area (Å²) in [6, 6.07) is 0. The van der Waals surface area contributed by atoms with Crippen molar-refractivity contribution in [2.24, 2.45) is 0 Å². The van der Waals surface area contributed by atoms with E-state index in [0.717, 1.165) is 11.3 Å². The van der Waals surface area contributed by atoms with Gasteiger partial charge >= 0.3 is 0 Å². The van der Waals surface area contributed by atoms with Gasteiger partial charge in [-0.1, -0.05) is 18.3 Å². The van der Waals surface area contributed by atoms with E-state index in [9.17, 15) is 13.2 Å². The molecule has 1 rings (SSSR count). The van der Waals surface area contributed by atoms with E-state index in [-0.39, 0.29) is 4.21 Å². The molecule has 20 heavy (non-hydrogen) atoms. The third-order valence-electron chi connectivity index (χ3n) is 2.66. The predicted octanol–water partition coefficient (Wildman–Crippen LogP) is 0.138. The minimum Gasteiger partial charge on any atom is -0.308 e. The lowest BCUT2D eigenvalue weighted by Crippen LogP contribution is -2.30. The van der Waals surface area contributed by atoms with Crippen LogP contribution in [0.15, 0.2) is 4.21 Å². The zero-order valence-electron chi connectivity index (χ0n) is 12.1. The topological polar surface area (TPSA) is 82.6 Å². The fraction of sp³-hybridized carbons (Fsp3) is 0.636. The number of hydrogen-bond acceptors (Lipinski definition) is 6. The maximum atomic E-state index is 11.9. The first kappa shape index (κ1) is 17.0. The van der Waals surface area contributed by atoms with Crippen molar-refractivity contribution in [3.63, 3.8) is 0 Å². The molecule has 114 valence electrons. The number of carbonyl (C=O) groups excluding carboxylic acids is 1. The number of aryl methyl sites for hydroxylation is 1. The highest BCUT2D eigenvalue weighted by Crippen LogP contribution is 2.29. The zero-order chi connectivity index (χ0) is 15.3. The van der Waals surface area contributed by atoms with Crippen molar-refractivity contribution in [3.8, 4) is 0 Å². The fourth-order valence-corrected chi connectivity index (χ4v) is 3.95. The van der Waals surface area contributed by atoms with E-state index in [1.165, 1.54) is 11.9 Å². The van der Waals surface area contributed by atoms with E-state index in [4.69, 9.17) is 0 Å². The molecule has 0 aliphatic carbocycles. The van der Waals surface area contributed by atoms with E-state index < -0.39 is 10.0 Å². The van der Waals surface area contributed by atoms with Crippen LogP contribution in [0, 0.1) is 0 Å². The molecule has 0 saturated heterocycles. The van der Waals surface area contributed by atoms with Crippen LogP contribution in [0.4, 0.5) is 5.13 Å². The van der Waals surface area contributed by atoms with Gasteiger partial charge in [-0.15, -0.1) is 0 Å². The third-order valence-corrected chi connectivity index (χ3v) is 5.76. The van der Waals surface area contributed by atoms with Crippen molar-refractivity contribution >= 4 is 32.9 Å². The van der Waals surface area contributed by atoms with Crippen molar-refractivity contribution < 1.29 is 13.2 Å². The van der Waals surface area contributed by atoms with Crippen molar-refractivity contribution in [1.82, 2.24) is 14.6 Å². The number of hydrogen-bond donors (Lipinski definition) is 1. The van der Waals surface area contributed by atoms with Crippen molar-refractivity contribution in [1.29, 1.82) is 0 Å². The van der Waals surface area contributed by atoms with Gasteiger partial charge in [-0.2, -0.15) is 0 Å². The molecule has 1 aromatic heterocycles. The normalized spacial score (nSPS) is 11.8. The molecule has 0 unspecified atom stereocenters. The molecule has 7 nitrogen and oxygen atoms in total. The molecular weight excluding hydrogens is 300 g/mol. The monoisotopic (exact) mass is 320 g/mol. The molecule has 1 heterocycles. The number of thiazole rings is 1. The minimum absolute atomic E-state index is 0.175. The van der Waals surface area contributed by atoms with Gasteiger partial charge in [0.2, 0.25) is 6.41 Å². The first-order valence-corrected chi connectivity index (χ1v) is 8.45. The Kier molecular flexibility index (Phi) is 6.06. The lowest BCUT2D eigenvalue weighted by molar-refractivity contribution is -0.107. The van der Waals surface area contributed by atoms with Crippen molar-refractivity contribution in [2.75, 3.05) is 39.1 Å². The summed E-state index contributed by atoms with van der Waals surface area (Å²) in [6.45, 7) is 2.97. The molecule has 1 N–H and O–H groups in total. The van der Waals surface area contributed by atoms with Crippen LogP contribution in [0.5, 0.6) is 0 Å². The second kappa shape index (κ2) is 7.11. The van der Waals surface area contributed by atoms with Gasteiger partial charge < -0.3 is 4.90 Å². The minimum atomic E-state index is -3.54. The molecular formula is C11H20N4O3S2. The second-order valence-electron chi connectivity index (χ2n) is 4.39. The first-order valence-electron chi connectivity index (χ1n) is 6.15. The van der Waals surface area contributed by atoms with Crippen LogP contribution in [-0.4, -0.2) is 58.9 Å². The van der Waals surface area contributed by atoms with E-state index in [1.807, 2.05) is 25.9 Å². The van der Waals surface area contributed by atoms with Crippen LogP contribution in [0.1, 0.15) is 12.6 Å². The smallest absolute Gasteiger partial charge is 0.251 e. The molecule has 0 radical (unpaired) electrons. The molecule has 0 fully saturated rings. The van der Waals surface area contributed by atoms with E-state index in [1.54, 1.807) is 0 Å². The molecule has 1 amide bonds. The summed E-state index contributed by atoms with van der Waals surface area (Å²) in [4.78, 5) is 18.8. The van der Waals surface area contributed by atoms with Crippen LogP contribution < -0.4 is 9.62 Å². The Morgan fingerprint density at radius 2 is 2.00 bits per heavy atom. The van der Waals surface area contributed by atoms with Crippen LogP contribution in [0.2, 0.25) is 0 Å². The van der Waals surface area contributed by atoms with Gasteiger partial charge in [0.05, 0.1) is 5.69 Å². The molecule has 0 spiro atoms. The third kappa shape index (κ3) is 3.98. The Labute approximate surface area is 123 Å². The Morgan fingerprint density at radius 3 is 2.45 bits per heavy atom. The van der Waals surface area contributed by atoms with Gasteiger partial charge in [-0.3, -0.25) is 9.69 Å². The summed E-state index contributed by atoms with van der Waals surface area (Å²) >= 11 is 1.01. The average molecular weight is 320 g/mol. The van der Waals surface area contributed by atoms with Crippen LogP contribution in [-0.2, 0) is 21.2 Å². The molecule has 0 aliphatic rings. The maximum absolute atomic E-state index is 11.9. The summed E-state index contributed by atoms with van der Waals surface area (Å²) in [5.74, 6) is 0. The van der Waals surface area contributed by atoms with Gasteiger partial charge in [0, 0.05) is 13.1 Å². The van der Waals surface area contributed by atoms with Gasteiger partial charge in [-0.25, -0.2) is 18.1 Å². The summed E-state index contributed by atoms with van der Waals surface area (Å²) in [6.07, 6.45) is 1.17. The van der Waals surface area contributed by atoms with Crippen LogP contribution in [0.25, 0.3) is 0 Å². The molecule has 0 atom stereocenters. The van der Waals surface area contributed by atoms with Gasteiger partial charge in [0.15, 0.2) is 9.34 Å². The van der Waals surface area contributed by atoms with E-state index in [2.05, 4.69) is 9.71 Å². The highest BCUT2D eigenvalue weighted by molar-refractivity contribution is 7.91. The van der Waals surface area contributed by atoms with E-state index in [0.29, 0.717) is 36.7 Å². The standard InChI is InChI=1S/C11H20N4O3S2/c1-5-9-10(20(17,18)12-2)19-11(13-9)15(8-16)7-6-14(3)4/h8,12H,5-7H2,1-4H3. The Balaban J connectivity index is 3.10. The number of aromatic nitrogens is 1. The van der Waals surface area contributed by atoms with Gasteiger partial charge in [0.25, 0.3) is 10.0 Å². The zero-order valence-corrected chi connectivity index (χ0v) is 13.7. The maximum Gasteiger partial charge on any atom is 0.251 e.